The second-order valence-electron chi connectivity index (χ2n) is 4.31. The first kappa shape index (κ1) is 16.4. The number of rotatable bonds is 7. The van der Waals surface area contributed by atoms with Gasteiger partial charge in [-0.15, -0.1) is 0 Å². The van der Waals surface area contributed by atoms with Crippen LogP contribution in [0, 0.1) is 6.92 Å². The Balaban J connectivity index is 2.82. The molecule has 0 spiro atoms. The molecule has 5 nitrogen and oxygen atoms in total. The number of nitrogens with zero attached hydrogens (tertiary/aromatic N) is 1. The van der Waals surface area contributed by atoms with Gasteiger partial charge in [0, 0.05) is 24.5 Å². The first-order chi connectivity index (χ1) is 9.56. The van der Waals surface area contributed by atoms with E-state index in [4.69, 9.17) is 5.11 Å². The number of para-hydroxylation sites is 1. The number of aliphatic carboxylic acids is 1. The number of thioether (sulfide) groups is 1. The molecule has 0 aromatic heterocycles. The number of anilines is 1. The van der Waals surface area contributed by atoms with Crippen LogP contribution in [0.2, 0.25) is 0 Å². The zero-order chi connectivity index (χ0) is 15.0. The van der Waals surface area contributed by atoms with Gasteiger partial charge in [-0.05, 0) is 24.8 Å². The SMILES string of the molecule is CSCCNC(=O)N(CCC(=O)O)c1ccccc1C. The van der Waals surface area contributed by atoms with Gasteiger partial charge in [0.1, 0.15) is 0 Å². The number of hydrogen-bond donors (Lipinski definition) is 2. The van der Waals surface area contributed by atoms with Gasteiger partial charge in [-0.3, -0.25) is 9.69 Å². The molecule has 0 fully saturated rings. The van der Waals surface area contributed by atoms with E-state index in [0.717, 1.165) is 17.0 Å². The van der Waals surface area contributed by atoms with Crippen molar-refractivity contribution in [2.75, 3.05) is 30.0 Å². The largest absolute Gasteiger partial charge is 0.481 e. The minimum atomic E-state index is -0.916. The molecule has 0 heterocycles. The minimum Gasteiger partial charge on any atom is -0.481 e. The minimum absolute atomic E-state index is 0.0791. The van der Waals surface area contributed by atoms with Crippen LogP contribution < -0.4 is 10.2 Å². The Morgan fingerprint density at radius 2 is 2.05 bits per heavy atom. The first-order valence-corrected chi connectivity index (χ1v) is 7.77. The summed E-state index contributed by atoms with van der Waals surface area (Å²) < 4.78 is 0. The maximum atomic E-state index is 12.2. The van der Waals surface area contributed by atoms with Crippen molar-refractivity contribution in [3.8, 4) is 0 Å². The van der Waals surface area contributed by atoms with Crippen LogP contribution in [-0.4, -0.2) is 42.2 Å². The van der Waals surface area contributed by atoms with Crippen molar-refractivity contribution in [1.29, 1.82) is 0 Å². The lowest BCUT2D eigenvalue weighted by Crippen LogP contribution is -2.42. The molecule has 0 saturated heterocycles. The number of carboxylic acid groups (broad SMARTS) is 1. The van der Waals surface area contributed by atoms with Gasteiger partial charge in [-0.1, -0.05) is 18.2 Å². The van der Waals surface area contributed by atoms with Crippen LogP contribution in [0.3, 0.4) is 0 Å². The van der Waals surface area contributed by atoms with Gasteiger partial charge in [0.15, 0.2) is 0 Å². The Labute approximate surface area is 123 Å². The molecule has 0 radical (unpaired) electrons. The van der Waals surface area contributed by atoms with E-state index in [9.17, 15) is 9.59 Å². The van der Waals surface area contributed by atoms with Crippen molar-refractivity contribution in [2.45, 2.75) is 13.3 Å². The number of urea groups is 1. The van der Waals surface area contributed by atoms with Crippen molar-refractivity contribution in [1.82, 2.24) is 5.32 Å². The molecule has 0 aliphatic rings. The smallest absolute Gasteiger partial charge is 0.321 e. The predicted octanol–water partition coefficient (Wildman–Crippen LogP) is 2.35. The molecule has 6 heteroatoms. The average molecular weight is 296 g/mol. The van der Waals surface area contributed by atoms with Gasteiger partial charge in [0.2, 0.25) is 0 Å². The molecule has 0 unspecified atom stereocenters. The Kier molecular flexibility index (Phi) is 6.93. The van der Waals surface area contributed by atoms with E-state index in [2.05, 4.69) is 5.32 Å². The van der Waals surface area contributed by atoms with E-state index in [-0.39, 0.29) is 19.0 Å². The van der Waals surface area contributed by atoms with Crippen molar-refractivity contribution >= 4 is 29.4 Å². The second-order valence-corrected chi connectivity index (χ2v) is 5.29. The van der Waals surface area contributed by atoms with Gasteiger partial charge in [-0.2, -0.15) is 11.8 Å². The maximum absolute atomic E-state index is 12.2. The third-order valence-electron chi connectivity index (χ3n) is 2.78. The second kappa shape index (κ2) is 8.47. The average Bonchev–Trinajstić information content (AvgIpc) is 2.41. The number of aryl methyl sites for hydroxylation is 1. The summed E-state index contributed by atoms with van der Waals surface area (Å²) in [6, 6.07) is 7.20. The molecule has 2 amide bonds. The lowest BCUT2D eigenvalue weighted by atomic mass is 10.2. The van der Waals surface area contributed by atoms with Gasteiger partial charge in [-0.25, -0.2) is 4.79 Å². The molecule has 2 N–H and O–H groups in total. The molecular formula is C14H20N2O3S. The highest BCUT2D eigenvalue weighted by Crippen LogP contribution is 2.19. The number of carboxylic acids is 1. The molecule has 1 aromatic rings. The fourth-order valence-electron chi connectivity index (χ4n) is 1.76. The lowest BCUT2D eigenvalue weighted by molar-refractivity contribution is -0.136. The molecule has 0 saturated carbocycles. The summed E-state index contributed by atoms with van der Waals surface area (Å²) in [6.07, 6.45) is 1.89. The van der Waals surface area contributed by atoms with Gasteiger partial charge < -0.3 is 10.4 Å². The van der Waals surface area contributed by atoms with Crippen LogP contribution in [-0.2, 0) is 4.79 Å². The molecule has 0 aliphatic carbocycles. The topological polar surface area (TPSA) is 69.6 Å². The number of carbonyl (C=O) groups excluding carboxylic acids is 1. The highest BCUT2D eigenvalue weighted by molar-refractivity contribution is 7.98. The van der Waals surface area contributed by atoms with E-state index in [1.54, 1.807) is 11.8 Å². The number of carbonyl (C=O) groups is 2. The van der Waals surface area contributed by atoms with Crippen LogP contribution in [0.15, 0.2) is 24.3 Å². The Morgan fingerprint density at radius 3 is 2.65 bits per heavy atom. The van der Waals surface area contributed by atoms with Crippen molar-refractivity contribution in [3.63, 3.8) is 0 Å². The highest BCUT2D eigenvalue weighted by atomic mass is 32.2. The van der Waals surface area contributed by atoms with Crippen molar-refractivity contribution < 1.29 is 14.7 Å². The van der Waals surface area contributed by atoms with E-state index >= 15 is 0 Å². The quantitative estimate of drug-likeness (QED) is 0.758. The van der Waals surface area contributed by atoms with Crippen molar-refractivity contribution in [3.05, 3.63) is 29.8 Å². The number of benzene rings is 1. The summed E-state index contributed by atoms with van der Waals surface area (Å²) >= 11 is 1.65. The first-order valence-electron chi connectivity index (χ1n) is 6.38. The van der Waals surface area contributed by atoms with Gasteiger partial charge in [0.05, 0.1) is 6.42 Å². The number of hydrogen-bond acceptors (Lipinski definition) is 3. The fourth-order valence-corrected chi connectivity index (χ4v) is 2.07. The molecule has 110 valence electrons. The summed E-state index contributed by atoms with van der Waals surface area (Å²) in [5.74, 6) is -0.0905. The fraction of sp³-hybridized carbons (Fsp3) is 0.429. The summed E-state index contributed by atoms with van der Waals surface area (Å²) in [5.41, 5.74) is 1.69. The number of amides is 2. The normalized spacial score (nSPS) is 10.1. The standard InChI is InChI=1S/C14H20N2O3S/c1-11-5-3-4-6-12(11)16(9-7-13(17)18)14(19)15-8-10-20-2/h3-6H,7-10H2,1-2H3,(H,15,19)(H,17,18). The van der Waals surface area contributed by atoms with Crippen LogP contribution in [0.25, 0.3) is 0 Å². The van der Waals surface area contributed by atoms with Crippen LogP contribution >= 0.6 is 11.8 Å². The predicted molar refractivity (Wildman–Crippen MR) is 82.6 cm³/mol. The maximum Gasteiger partial charge on any atom is 0.321 e. The molecule has 1 aromatic carbocycles. The Hall–Kier alpha value is -1.69. The molecule has 0 aliphatic heterocycles. The summed E-state index contributed by atoms with van der Waals surface area (Å²) in [4.78, 5) is 24.4. The van der Waals surface area contributed by atoms with Crippen LogP contribution in [0.1, 0.15) is 12.0 Å². The van der Waals surface area contributed by atoms with Gasteiger partial charge >= 0.3 is 12.0 Å². The molecule has 0 atom stereocenters. The number of nitrogens with one attached hydrogen (secondary N) is 1. The summed E-state index contributed by atoms with van der Waals surface area (Å²) in [6.45, 7) is 2.62. The summed E-state index contributed by atoms with van der Waals surface area (Å²) in [5, 5.41) is 11.6. The van der Waals surface area contributed by atoms with Crippen LogP contribution in [0.5, 0.6) is 0 Å². The van der Waals surface area contributed by atoms with E-state index in [1.807, 2.05) is 37.4 Å². The molecule has 20 heavy (non-hydrogen) atoms. The van der Waals surface area contributed by atoms with Crippen molar-refractivity contribution in [2.24, 2.45) is 0 Å². The third kappa shape index (κ3) is 5.13. The highest BCUT2D eigenvalue weighted by Gasteiger charge is 2.17. The van der Waals surface area contributed by atoms with Crippen LogP contribution in [0.4, 0.5) is 10.5 Å². The zero-order valence-corrected chi connectivity index (χ0v) is 12.6. The van der Waals surface area contributed by atoms with E-state index in [0.29, 0.717) is 6.54 Å². The zero-order valence-electron chi connectivity index (χ0n) is 11.8. The van der Waals surface area contributed by atoms with E-state index < -0.39 is 5.97 Å². The monoisotopic (exact) mass is 296 g/mol. The Bertz CT molecular complexity index is 465. The van der Waals surface area contributed by atoms with E-state index in [1.165, 1.54) is 4.90 Å². The Morgan fingerprint density at radius 1 is 1.35 bits per heavy atom. The molecule has 1 rings (SSSR count). The molecule has 0 bridgehead atoms. The van der Waals surface area contributed by atoms with Gasteiger partial charge in [0.25, 0.3) is 0 Å². The summed E-state index contributed by atoms with van der Waals surface area (Å²) in [7, 11) is 0. The third-order valence-corrected chi connectivity index (χ3v) is 3.40. The molecular weight excluding hydrogens is 276 g/mol. The lowest BCUT2D eigenvalue weighted by Gasteiger charge is -2.24.